The molecule has 24 heavy (non-hydrogen) atoms. The Hall–Kier alpha value is -1.47. The topological polar surface area (TPSA) is 66.9 Å². The van der Waals surface area contributed by atoms with Gasteiger partial charge in [-0.25, -0.2) is 8.42 Å². The quantitative estimate of drug-likeness (QED) is 0.767. The largest absolute Gasteiger partial charge is 0.495 e. The van der Waals surface area contributed by atoms with Crippen LogP contribution in [0.25, 0.3) is 0 Å². The maximum Gasteiger partial charge on any atom is 0.243 e. The molecule has 8 heteroatoms. The Kier molecular flexibility index (Phi) is 5.98. The van der Waals surface area contributed by atoms with E-state index in [-0.39, 0.29) is 18.5 Å². The van der Waals surface area contributed by atoms with E-state index in [0.29, 0.717) is 16.5 Å². The van der Waals surface area contributed by atoms with Crippen molar-refractivity contribution in [2.24, 2.45) is 0 Å². The van der Waals surface area contributed by atoms with Crippen LogP contribution in [-0.4, -0.2) is 52.2 Å². The lowest BCUT2D eigenvalue weighted by Gasteiger charge is -2.28. The van der Waals surface area contributed by atoms with Crippen molar-refractivity contribution in [1.29, 1.82) is 0 Å². The molecule has 0 unspecified atom stereocenters. The normalized spacial score (nSPS) is 15.3. The van der Waals surface area contributed by atoms with E-state index in [1.54, 1.807) is 24.1 Å². The minimum Gasteiger partial charge on any atom is -0.495 e. The lowest BCUT2D eigenvalue weighted by molar-refractivity contribution is -0.130. The number of hydrogen-bond acceptors (Lipinski definition) is 4. The average molecular weight is 375 g/mol. The van der Waals surface area contributed by atoms with Gasteiger partial charge in [-0.15, -0.1) is 0 Å². The van der Waals surface area contributed by atoms with Crippen LogP contribution in [-0.2, 0) is 14.8 Å². The molecule has 1 aromatic carbocycles. The second-order valence-electron chi connectivity index (χ2n) is 6.03. The average Bonchev–Trinajstić information content (AvgIpc) is 3.04. The Morgan fingerprint density at radius 1 is 1.33 bits per heavy atom. The van der Waals surface area contributed by atoms with Crippen LogP contribution < -0.4 is 9.04 Å². The molecule has 1 aliphatic rings. The molecule has 1 fully saturated rings. The van der Waals surface area contributed by atoms with Crippen molar-refractivity contribution in [2.75, 3.05) is 31.3 Å². The highest BCUT2D eigenvalue weighted by Gasteiger charge is 2.28. The molecule has 0 aromatic heterocycles. The van der Waals surface area contributed by atoms with Crippen molar-refractivity contribution in [3.8, 4) is 5.75 Å². The van der Waals surface area contributed by atoms with Gasteiger partial charge in [-0.2, -0.15) is 0 Å². The third kappa shape index (κ3) is 4.33. The molecule has 1 saturated carbocycles. The van der Waals surface area contributed by atoms with Gasteiger partial charge in [-0.1, -0.05) is 24.4 Å². The zero-order valence-corrected chi connectivity index (χ0v) is 15.7. The summed E-state index contributed by atoms with van der Waals surface area (Å²) in [6, 6.07) is 4.85. The summed E-state index contributed by atoms with van der Waals surface area (Å²) in [7, 11) is -0.403. The van der Waals surface area contributed by atoms with Crippen molar-refractivity contribution in [3.05, 3.63) is 23.2 Å². The summed E-state index contributed by atoms with van der Waals surface area (Å²) in [6.45, 7) is -0.242. The van der Waals surface area contributed by atoms with Gasteiger partial charge in [-0.05, 0) is 31.0 Å². The molecule has 6 nitrogen and oxygen atoms in total. The SMILES string of the molecule is COc1ccc(N(CC(=O)N(C)C2CCCC2)S(C)(=O)=O)cc1Cl. The highest BCUT2D eigenvalue weighted by atomic mass is 35.5. The molecule has 1 amide bonds. The van der Waals surface area contributed by atoms with E-state index in [0.717, 1.165) is 36.2 Å². The molecule has 0 radical (unpaired) electrons. The summed E-state index contributed by atoms with van der Waals surface area (Å²) in [5, 5.41) is 0.292. The van der Waals surface area contributed by atoms with Crippen molar-refractivity contribution < 1.29 is 17.9 Å². The number of ether oxygens (including phenoxy) is 1. The van der Waals surface area contributed by atoms with E-state index in [2.05, 4.69) is 0 Å². The number of nitrogens with zero attached hydrogens (tertiary/aromatic N) is 2. The Morgan fingerprint density at radius 2 is 1.96 bits per heavy atom. The first kappa shape index (κ1) is 18.9. The number of carbonyl (C=O) groups is 1. The zero-order valence-electron chi connectivity index (χ0n) is 14.2. The fourth-order valence-corrected chi connectivity index (χ4v) is 4.03. The van der Waals surface area contributed by atoms with Gasteiger partial charge in [0.1, 0.15) is 12.3 Å². The van der Waals surface area contributed by atoms with Gasteiger partial charge < -0.3 is 9.64 Å². The lowest BCUT2D eigenvalue weighted by Crippen LogP contribution is -2.44. The van der Waals surface area contributed by atoms with Crippen LogP contribution in [0.5, 0.6) is 5.75 Å². The van der Waals surface area contributed by atoms with E-state index in [1.807, 2.05) is 0 Å². The van der Waals surface area contributed by atoms with Crippen LogP contribution in [0, 0.1) is 0 Å². The predicted molar refractivity (Wildman–Crippen MR) is 95.2 cm³/mol. The summed E-state index contributed by atoms with van der Waals surface area (Å²) >= 11 is 6.08. The Labute approximate surface area is 148 Å². The number of rotatable bonds is 6. The molecular weight excluding hydrogens is 352 g/mol. The van der Waals surface area contributed by atoms with Crippen LogP contribution in [0.15, 0.2) is 18.2 Å². The van der Waals surface area contributed by atoms with Crippen LogP contribution in [0.1, 0.15) is 25.7 Å². The molecule has 1 aromatic rings. The Bertz CT molecular complexity index is 702. The maximum atomic E-state index is 12.5. The van der Waals surface area contributed by atoms with Crippen molar-refractivity contribution in [2.45, 2.75) is 31.7 Å². The molecule has 0 spiro atoms. The maximum absolute atomic E-state index is 12.5. The molecule has 134 valence electrons. The van der Waals surface area contributed by atoms with Crippen LogP contribution in [0.3, 0.4) is 0 Å². The van der Waals surface area contributed by atoms with Gasteiger partial charge in [0.25, 0.3) is 0 Å². The molecule has 0 aliphatic heterocycles. The number of methoxy groups -OCH3 is 1. The first-order chi connectivity index (χ1) is 11.2. The van der Waals surface area contributed by atoms with Crippen LogP contribution >= 0.6 is 11.6 Å². The first-order valence-corrected chi connectivity index (χ1v) is 10.0. The number of hydrogen-bond donors (Lipinski definition) is 0. The fourth-order valence-electron chi connectivity index (χ4n) is 2.94. The predicted octanol–water partition coefficient (Wildman–Crippen LogP) is 2.52. The number of sulfonamides is 1. The van der Waals surface area contributed by atoms with Gasteiger partial charge in [0.15, 0.2) is 0 Å². The second-order valence-corrected chi connectivity index (χ2v) is 8.35. The minimum absolute atomic E-state index is 0.193. The lowest BCUT2D eigenvalue weighted by atomic mass is 10.2. The molecule has 0 N–H and O–H groups in total. The first-order valence-electron chi connectivity index (χ1n) is 7.81. The van der Waals surface area contributed by atoms with Crippen molar-refractivity contribution >= 4 is 33.2 Å². The number of likely N-dealkylation sites (N-methyl/N-ethyl adjacent to an activating group) is 1. The van der Waals surface area contributed by atoms with Crippen molar-refractivity contribution in [3.63, 3.8) is 0 Å². The highest BCUT2D eigenvalue weighted by molar-refractivity contribution is 7.92. The third-order valence-corrected chi connectivity index (χ3v) is 5.80. The standard InChI is InChI=1S/C16H23ClN2O4S/c1-18(12-6-4-5-7-12)16(20)11-19(24(3,21)22)13-8-9-15(23-2)14(17)10-13/h8-10,12H,4-7,11H2,1-3H3. The van der Waals surface area contributed by atoms with Gasteiger partial charge >= 0.3 is 0 Å². The monoisotopic (exact) mass is 374 g/mol. The number of carbonyl (C=O) groups excluding carboxylic acids is 1. The minimum atomic E-state index is -3.62. The van der Waals surface area contributed by atoms with Gasteiger partial charge in [0.05, 0.1) is 24.1 Å². The Balaban J connectivity index is 2.23. The van der Waals surface area contributed by atoms with E-state index in [4.69, 9.17) is 16.3 Å². The summed E-state index contributed by atoms with van der Waals surface area (Å²) in [5.41, 5.74) is 0.344. The second kappa shape index (κ2) is 7.61. The zero-order chi connectivity index (χ0) is 17.9. The number of anilines is 1. The highest BCUT2D eigenvalue weighted by Crippen LogP contribution is 2.30. The van der Waals surface area contributed by atoms with E-state index >= 15 is 0 Å². The van der Waals surface area contributed by atoms with Gasteiger partial charge in [0.2, 0.25) is 15.9 Å². The summed E-state index contributed by atoms with van der Waals surface area (Å²) < 4.78 is 30.5. The van der Waals surface area contributed by atoms with E-state index in [1.165, 1.54) is 13.2 Å². The third-order valence-electron chi connectivity index (χ3n) is 4.37. The smallest absolute Gasteiger partial charge is 0.243 e. The van der Waals surface area contributed by atoms with Crippen molar-refractivity contribution in [1.82, 2.24) is 4.90 Å². The molecular formula is C16H23ClN2O4S. The molecule has 0 bridgehead atoms. The summed E-state index contributed by atoms with van der Waals surface area (Å²) in [4.78, 5) is 14.2. The Morgan fingerprint density at radius 3 is 2.46 bits per heavy atom. The molecule has 0 heterocycles. The van der Waals surface area contributed by atoms with Crippen LogP contribution in [0.4, 0.5) is 5.69 Å². The molecule has 0 atom stereocenters. The van der Waals surface area contributed by atoms with Gasteiger partial charge in [-0.3, -0.25) is 9.10 Å². The molecule has 1 aliphatic carbocycles. The summed E-state index contributed by atoms with van der Waals surface area (Å²) in [6.07, 6.45) is 5.22. The molecule has 0 saturated heterocycles. The number of halogens is 1. The van der Waals surface area contributed by atoms with Gasteiger partial charge in [0, 0.05) is 13.1 Å². The molecule has 2 rings (SSSR count). The number of amides is 1. The van der Waals surface area contributed by atoms with E-state index in [9.17, 15) is 13.2 Å². The summed E-state index contributed by atoms with van der Waals surface area (Å²) in [5.74, 6) is 0.225. The van der Waals surface area contributed by atoms with Crippen LogP contribution in [0.2, 0.25) is 5.02 Å². The van der Waals surface area contributed by atoms with E-state index < -0.39 is 10.0 Å². The fraction of sp³-hybridized carbons (Fsp3) is 0.562. The number of benzene rings is 1.